The highest BCUT2D eigenvalue weighted by molar-refractivity contribution is 8.00. The molecule has 1 aliphatic heterocycles. The fourth-order valence-electron chi connectivity index (χ4n) is 10.3. The molecule has 9 aromatic carbocycles. The van der Waals surface area contributed by atoms with E-state index in [0.29, 0.717) is 0 Å². The van der Waals surface area contributed by atoms with Crippen LogP contribution in [0.1, 0.15) is 22.3 Å². The van der Waals surface area contributed by atoms with Crippen LogP contribution in [0.15, 0.2) is 222 Å². The molecule has 0 saturated heterocycles. The third-order valence-corrected chi connectivity index (χ3v) is 13.8. The van der Waals surface area contributed by atoms with Crippen LogP contribution in [0.25, 0.3) is 55.6 Å². The molecule has 3 aliphatic rings. The average molecular weight is 739 g/mol. The van der Waals surface area contributed by atoms with Gasteiger partial charge < -0.3 is 0 Å². The van der Waals surface area contributed by atoms with Crippen LogP contribution in [0, 0.1) is 0 Å². The van der Waals surface area contributed by atoms with Crippen molar-refractivity contribution >= 4 is 34.9 Å². The summed E-state index contributed by atoms with van der Waals surface area (Å²) in [7, 11) is 0. The Balaban J connectivity index is 0.956. The Bertz CT molecular complexity index is 3020. The molecular weight excluding hydrogens is 703 g/mol. The molecule has 9 aromatic rings. The van der Waals surface area contributed by atoms with Crippen LogP contribution in [0.4, 0.5) is 0 Å². The lowest BCUT2D eigenvalue weighted by Gasteiger charge is -2.30. The highest BCUT2D eigenvalue weighted by atomic mass is 32.2. The van der Waals surface area contributed by atoms with Gasteiger partial charge in [-0.25, -0.2) is 0 Å². The van der Waals surface area contributed by atoms with Crippen molar-refractivity contribution in [3.8, 4) is 55.6 Å². The summed E-state index contributed by atoms with van der Waals surface area (Å²) in [5.41, 5.74) is 22.0. The summed E-state index contributed by atoms with van der Waals surface area (Å²) in [6.45, 7) is 0.223. The summed E-state index contributed by atoms with van der Waals surface area (Å²) in [4.78, 5) is 2.67. The molecule has 57 heavy (non-hydrogen) atoms. The second-order valence-corrected chi connectivity index (χ2v) is 16.6. The Labute approximate surface area is 338 Å². The first-order chi connectivity index (χ1) is 28.3. The molecule has 1 spiro atoms. The van der Waals surface area contributed by atoms with Gasteiger partial charge in [-0.3, -0.25) is 0 Å². The van der Waals surface area contributed by atoms with E-state index < -0.39 is 0 Å². The highest BCUT2D eigenvalue weighted by Gasteiger charge is 2.51. The minimum Gasteiger partial charge on any atom is -0.0911 e. The van der Waals surface area contributed by atoms with Crippen LogP contribution in [0.3, 0.4) is 0 Å². The molecular formula is C55H35BS. The molecule has 0 nitrogen and oxygen atoms in total. The van der Waals surface area contributed by atoms with E-state index in [0.717, 1.165) is 0 Å². The average Bonchev–Trinajstić information content (AvgIpc) is 3.76. The lowest BCUT2D eigenvalue weighted by Crippen LogP contribution is -2.55. The zero-order valence-electron chi connectivity index (χ0n) is 31.2. The van der Waals surface area contributed by atoms with Crippen molar-refractivity contribution < 1.29 is 0 Å². The highest BCUT2D eigenvalue weighted by Crippen LogP contribution is 2.63. The summed E-state index contributed by atoms with van der Waals surface area (Å²) in [6, 6.07) is 79.3. The molecule has 0 bridgehead atoms. The zero-order chi connectivity index (χ0) is 37.5. The molecule has 0 aromatic heterocycles. The van der Waals surface area contributed by atoms with Crippen LogP contribution in [0.5, 0.6) is 0 Å². The van der Waals surface area contributed by atoms with Crippen molar-refractivity contribution in [2.24, 2.45) is 0 Å². The fourth-order valence-corrected chi connectivity index (χ4v) is 11.4. The molecule has 0 fully saturated rings. The molecule has 2 heteroatoms. The summed E-state index contributed by atoms with van der Waals surface area (Å²) in [5, 5.41) is 0. The molecule has 1 heterocycles. The molecule has 0 saturated carbocycles. The largest absolute Gasteiger partial charge is 0.244 e. The SMILES string of the molecule is c1ccc(B2c3ccccc3Sc3cc(-c4cccc(-c5cccc(-c6cccc7c6-c6ccccc6C76c7ccccc7-c7ccccc76)c5)c4)ccc32)cc1. The van der Waals surface area contributed by atoms with E-state index in [-0.39, 0.29) is 12.1 Å². The quantitative estimate of drug-likeness (QED) is 0.162. The van der Waals surface area contributed by atoms with Gasteiger partial charge in [-0.2, -0.15) is 0 Å². The molecule has 0 amide bonds. The monoisotopic (exact) mass is 738 g/mol. The maximum absolute atomic E-state index is 2.40. The predicted molar refractivity (Wildman–Crippen MR) is 241 cm³/mol. The minimum atomic E-state index is -0.350. The van der Waals surface area contributed by atoms with Gasteiger partial charge in [0.25, 0.3) is 0 Å². The predicted octanol–water partition coefficient (Wildman–Crippen LogP) is 12.0. The summed E-state index contributed by atoms with van der Waals surface area (Å²) in [6.07, 6.45) is 0. The van der Waals surface area contributed by atoms with Crippen LogP contribution < -0.4 is 16.4 Å². The van der Waals surface area contributed by atoms with Gasteiger partial charge in [0.1, 0.15) is 0 Å². The van der Waals surface area contributed by atoms with E-state index in [1.807, 2.05) is 11.8 Å². The van der Waals surface area contributed by atoms with E-state index >= 15 is 0 Å². The van der Waals surface area contributed by atoms with Crippen molar-refractivity contribution in [2.75, 3.05) is 0 Å². The van der Waals surface area contributed by atoms with Crippen molar-refractivity contribution in [3.05, 3.63) is 235 Å². The van der Waals surface area contributed by atoms with Gasteiger partial charge in [0.2, 0.25) is 6.71 Å². The lowest BCUT2D eigenvalue weighted by molar-refractivity contribution is 0.794. The first-order valence-electron chi connectivity index (χ1n) is 19.9. The molecule has 0 radical (unpaired) electrons. The molecule has 0 atom stereocenters. The number of rotatable bonds is 4. The Hall–Kier alpha value is -6.61. The second kappa shape index (κ2) is 12.7. The van der Waals surface area contributed by atoms with E-state index in [4.69, 9.17) is 0 Å². The fraction of sp³-hybridized carbons (Fsp3) is 0.0182. The van der Waals surface area contributed by atoms with Gasteiger partial charge in [-0.15, -0.1) is 0 Å². The van der Waals surface area contributed by atoms with Crippen LogP contribution in [-0.2, 0) is 5.41 Å². The van der Waals surface area contributed by atoms with Gasteiger partial charge in [0, 0.05) is 9.79 Å². The first kappa shape index (κ1) is 32.6. The smallest absolute Gasteiger partial charge is 0.0911 e. The van der Waals surface area contributed by atoms with Gasteiger partial charge >= 0.3 is 0 Å². The molecule has 0 unspecified atom stereocenters. The summed E-state index contributed by atoms with van der Waals surface area (Å²) >= 11 is 1.89. The Morgan fingerprint density at radius 1 is 0.316 bits per heavy atom. The van der Waals surface area contributed by atoms with Crippen molar-refractivity contribution in [3.63, 3.8) is 0 Å². The van der Waals surface area contributed by atoms with Gasteiger partial charge in [0.05, 0.1) is 5.41 Å². The van der Waals surface area contributed by atoms with Crippen molar-refractivity contribution in [1.29, 1.82) is 0 Å². The molecule has 12 rings (SSSR count). The Morgan fingerprint density at radius 2 is 0.807 bits per heavy atom. The number of hydrogen-bond acceptors (Lipinski definition) is 1. The van der Waals surface area contributed by atoms with E-state index in [1.54, 1.807) is 0 Å². The third kappa shape index (κ3) is 4.78. The van der Waals surface area contributed by atoms with Crippen LogP contribution in [0.2, 0.25) is 0 Å². The van der Waals surface area contributed by atoms with E-state index in [1.165, 1.54) is 104 Å². The zero-order valence-corrected chi connectivity index (χ0v) is 32.0. The normalized spacial score (nSPS) is 13.6. The van der Waals surface area contributed by atoms with E-state index in [2.05, 4.69) is 212 Å². The topological polar surface area (TPSA) is 0 Å². The number of benzene rings is 9. The van der Waals surface area contributed by atoms with Crippen LogP contribution >= 0.6 is 11.8 Å². The van der Waals surface area contributed by atoms with E-state index in [9.17, 15) is 0 Å². The van der Waals surface area contributed by atoms with Crippen molar-refractivity contribution in [1.82, 2.24) is 0 Å². The first-order valence-corrected chi connectivity index (χ1v) is 20.7. The molecule has 0 N–H and O–H groups in total. The maximum Gasteiger partial charge on any atom is 0.244 e. The van der Waals surface area contributed by atoms with Gasteiger partial charge in [-0.1, -0.05) is 216 Å². The number of hydrogen-bond donors (Lipinski definition) is 0. The summed E-state index contributed by atoms with van der Waals surface area (Å²) < 4.78 is 0. The van der Waals surface area contributed by atoms with Gasteiger partial charge in [-0.05, 0) is 102 Å². The minimum absolute atomic E-state index is 0.223. The van der Waals surface area contributed by atoms with Crippen LogP contribution in [-0.4, -0.2) is 6.71 Å². The Morgan fingerprint density at radius 3 is 1.53 bits per heavy atom. The number of fused-ring (bicyclic) bond motifs is 12. The van der Waals surface area contributed by atoms with Gasteiger partial charge in [0.15, 0.2) is 0 Å². The molecule has 264 valence electrons. The third-order valence-electron chi connectivity index (χ3n) is 12.6. The lowest BCUT2D eigenvalue weighted by atomic mass is 9.36. The van der Waals surface area contributed by atoms with Crippen molar-refractivity contribution in [2.45, 2.75) is 15.2 Å². The standard InChI is InChI=1S/C55H35BS/c1-2-19-41(20-3-1)56-50-29-10-11-30-52(50)57-53-35-39(31-32-51(53)56)37-16-12-15-36(33-37)38-17-13-18-40(34-38)42-24-14-28-49-54(42)45-23-6-9-27-48(45)55(49)46-25-7-4-21-43(46)44-22-5-8-26-47(44)55/h1-35H. The maximum atomic E-state index is 2.40. The molecule has 2 aliphatic carbocycles. The summed E-state index contributed by atoms with van der Waals surface area (Å²) in [5.74, 6) is 0. The Kier molecular flexibility index (Phi) is 7.28. The second-order valence-electron chi connectivity index (χ2n) is 15.5.